The Morgan fingerprint density at radius 3 is 2.56 bits per heavy atom. The average molecular weight is 419 g/mol. The molecule has 2 aliphatic rings. The number of hydrogen-bond acceptors (Lipinski definition) is 3. The Morgan fingerprint density at radius 1 is 1.12 bits per heavy atom. The average Bonchev–Trinajstić information content (AvgIpc) is 2.89. The smallest absolute Gasteiger partial charge is 0.191 e. The molecule has 4 rings (SSSR count). The SMILES string of the molecule is O=C1C(=Cc2ccc(Cl)cc2)C(N2CCOCC2)c2cc(Br)ccc21. The van der Waals surface area contributed by atoms with Gasteiger partial charge in [-0.15, -0.1) is 0 Å². The van der Waals surface area contributed by atoms with Gasteiger partial charge < -0.3 is 4.74 Å². The van der Waals surface area contributed by atoms with Gasteiger partial charge in [0.25, 0.3) is 0 Å². The van der Waals surface area contributed by atoms with Gasteiger partial charge in [0.15, 0.2) is 5.78 Å². The summed E-state index contributed by atoms with van der Waals surface area (Å²) in [6.45, 7) is 3.04. The van der Waals surface area contributed by atoms with Crippen LogP contribution in [0.5, 0.6) is 0 Å². The van der Waals surface area contributed by atoms with E-state index in [1.54, 1.807) is 0 Å². The van der Waals surface area contributed by atoms with Gasteiger partial charge in [0.05, 0.1) is 19.3 Å². The van der Waals surface area contributed by atoms with Crippen molar-refractivity contribution in [3.63, 3.8) is 0 Å². The van der Waals surface area contributed by atoms with Crippen molar-refractivity contribution in [1.29, 1.82) is 0 Å². The van der Waals surface area contributed by atoms with Crippen molar-refractivity contribution in [3.8, 4) is 0 Å². The Bertz CT molecular complexity index is 841. The van der Waals surface area contributed by atoms with Crippen molar-refractivity contribution in [1.82, 2.24) is 4.90 Å². The number of nitrogens with zero attached hydrogens (tertiary/aromatic N) is 1. The Labute approximate surface area is 160 Å². The molecule has 0 N–H and O–H groups in total. The van der Waals surface area contributed by atoms with Crippen molar-refractivity contribution in [2.24, 2.45) is 0 Å². The van der Waals surface area contributed by atoms with Crippen molar-refractivity contribution in [2.45, 2.75) is 6.04 Å². The number of carbonyl (C=O) groups excluding carboxylic acids is 1. The molecule has 128 valence electrons. The van der Waals surface area contributed by atoms with E-state index >= 15 is 0 Å². The van der Waals surface area contributed by atoms with E-state index < -0.39 is 0 Å². The van der Waals surface area contributed by atoms with Crippen molar-refractivity contribution < 1.29 is 9.53 Å². The van der Waals surface area contributed by atoms with E-state index in [0.717, 1.165) is 39.8 Å². The molecule has 1 atom stereocenters. The predicted octanol–water partition coefficient (Wildman–Crippen LogP) is 4.76. The molecule has 1 heterocycles. The van der Waals surface area contributed by atoms with E-state index in [2.05, 4.69) is 26.9 Å². The number of morpholine rings is 1. The second-order valence-electron chi connectivity index (χ2n) is 6.26. The first-order chi connectivity index (χ1) is 12.1. The molecule has 3 nitrogen and oxygen atoms in total. The molecule has 0 saturated carbocycles. The number of fused-ring (bicyclic) bond motifs is 1. The zero-order chi connectivity index (χ0) is 17.4. The summed E-state index contributed by atoms with van der Waals surface area (Å²) in [6, 6.07) is 13.5. The summed E-state index contributed by atoms with van der Waals surface area (Å²) in [5, 5.41) is 0.692. The lowest BCUT2D eigenvalue weighted by atomic mass is 10.0. The minimum absolute atomic E-state index is 0.0282. The van der Waals surface area contributed by atoms with Gasteiger partial charge >= 0.3 is 0 Å². The van der Waals surface area contributed by atoms with Crippen molar-refractivity contribution in [2.75, 3.05) is 26.3 Å². The molecule has 0 aromatic heterocycles. The summed E-state index contributed by atoms with van der Waals surface area (Å²) < 4.78 is 6.49. The minimum Gasteiger partial charge on any atom is -0.379 e. The Kier molecular flexibility index (Phi) is 4.78. The van der Waals surface area contributed by atoms with Crippen LogP contribution in [0, 0.1) is 0 Å². The topological polar surface area (TPSA) is 29.5 Å². The molecule has 1 fully saturated rings. The van der Waals surface area contributed by atoms with E-state index in [1.165, 1.54) is 0 Å². The van der Waals surface area contributed by atoms with Crippen LogP contribution in [0.4, 0.5) is 0 Å². The van der Waals surface area contributed by atoms with Gasteiger partial charge in [-0.05, 0) is 47.5 Å². The molecule has 2 aromatic carbocycles. The zero-order valence-corrected chi connectivity index (χ0v) is 15.9. The molecule has 0 bridgehead atoms. The fourth-order valence-electron chi connectivity index (χ4n) is 3.53. The number of hydrogen-bond donors (Lipinski definition) is 0. The lowest BCUT2D eigenvalue weighted by molar-refractivity contribution is 0.0242. The van der Waals surface area contributed by atoms with E-state index in [-0.39, 0.29) is 11.8 Å². The summed E-state index contributed by atoms with van der Waals surface area (Å²) in [5.41, 5.74) is 3.66. The highest BCUT2D eigenvalue weighted by Crippen LogP contribution is 2.42. The molecule has 25 heavy (non-hydrogen) atoms. The molecule has 1 aliphatic heterocycles. The monoisotopic (exact) mass is 417 g/mol. The number of ketones is 1. The Hall–Kier alpha value is -1.46. The van der Waals surface area contributed by atoms with Crippen LogP contribution in [0.2, 0.25) is 5.02 Å². The van der Waals surface area contributed by atoms with Gasteiger partial charge in [-0.2, -0.15) is 0 Å². The van der Waals surface area contributed by atoms with Gasteiger partial charge in [0.2, 0.25) is 0 Å². The largest absolute Gasteiger partial charge is 0.379 e. The molecule has 1 aliphatic carbocycles. The lowest BCUT2D eigenvalue weighted by Crippen LogP contribution is -2.39. The van der Waals surface area contributed by atoms with Crippen LogP contribution in [-0.2, 0) is 4.74 Å². The molecule has 1 saturated heterocycles. The van der Waals surface area contributed by atoms with Gasteiger partial charge in [-0.1, -0.05) is 39.7 Å². The van der Waals surface area contributed by atoms with Crippen LogP contribution in [0.15, 0.2) is 52.5 Å². The minimum atomic E-state index is -0.0282. The molecule has 0 radical (unpaired) electrons. The molecule has 5 heteroatoms. The van der Waals surface area contributed by atoms with Crippen LogP contribution in [-0.4, -0.2) is 37.0 Å². The van der Waals surface area contributed by atoms with Crippen LogP contribution >= 0.6 is 27.5 Å². The van der Waals surface area contributed by atoms with Gasteiger partial charge in [-0.3, -0.25) is 9.69 Å². The van der Waals surface area contributed by atoms with Crippen LogP contribution in [0.3, 0.4) is 0 Å². The molecule has 0 spiro atoms. The van der Waals surface area contributed by atoms with Crippen LogP contribution in [0.25, 0.3) is 6.08 Å². The quantitative estimate of drug-likeness (QED) is 0.659. The number of rotatable bonds is 2. The normalized spacial score (nSPS) is 22.4. The highest BCUT2D eigenvalue weighted by Gasteiger charge is 2.38. The third kappa shape index (κ3) is 3.32. The van der Waals surface area contributed by atoms with E-state index in [0.29, 0.717) is 18.2 Å². The predicted molar refractivity (Wildman–Crippen MR) is 103 cm³/mol. The zero-order valence-electron chi connectivity index (χ0n) is 13.5. The lowest BCUT2D eigenvalue weighted by Gasteiger charge is -2.33. The molecular formula is C20H17BrClNO2. The summed E-state index contributed by atoms with van der Waals surface area (Å²) >= 11 is 9.53. The summed E-state index contributed by atoms with van der Waals surface area (Å²) in [4.78, 5) is 15.4. The van der Waals surface area contributed by atoms with Gasteiger partial charge in [0.1, 0.15) is 0 Å². The Balaban J connectivity index is 1.80. The maximum absolute atomic E-state index is 13.1. The molecule has 2 aromatic rings. The van der Waals surface area contributed by atoms with E-state index in [1.807, 2.05) is 42.5 Å². The summed E-state index contributed by atoms with van der Waals surface area (Å²) in [5.74, 6) is 0.106. The number of carbonyl (C=O) groups is 1. The first kappa shape index (κ1) is 17.0. The maximum atomic E-state index is 13.1. The summed E-state index contributed by atoms with van der Waals surface area (Å²) in [7, 11) is 0. The maximum Gasteiger partial charge on any atom is 0.191 e. The third-order valence-corrected chi connectivity index (χ3v) is 5.46. The first-order valence-electron chi connectivity index (χ1n) is 8.26. The fourth-order valence-corrected chi connectivity index (χ4v) is 4.03. The second-order valence-corrected chi connectivity index (χ2v) is 7.61. The van der Waals surface area contributed by atoms with E-state index in [4.69, 9.17) is 16.3 Å². The van der Waals surface area contributed by atoms with E-state index in [9.17, 15) is 4.79 Å². The second kappa shape index (κ2) is 7.04. The molecule has 0 amide bonds. The number of Topliss-reactive ketones (excluding diaryl/α,β-unsaturated/α-hetero) is 1. The fraction of sp³-hybridized carbons (Fsp3) is 0.250. The van der Waals surface area contributed by atoms with Crippen LogP contribution < -0.4 is 0 Å². The number of halogens is 2. The number of ether oxygens (including phenoxy) is 1. The van der Waals surface area contributed by atoms with Gasteiger partial charge in [0, 0.05) is 33.7 Å². The highest BCUT2D eigenvalue weighted by molar-refractivity contribution is 9.10. The van der Waals surface area contributed by atoms with Gasteiger partial charge in [-0.25, -0.2) is 0 Å². The first-order valence-corrected chi connectivity index (χ1v) is 9.44. The van der Waals surface area contributed by atoms with Crippen LogP contribution in [0.1, 0.15) is 27.5 Å². The molecule has 1 unspecified atom stereocenters. The van der Waals surface area contributed by atoms with Crippen molar-refractivity contribution in [3.05, 3.63) is 74.2 Å². The third-order valence-electron chi connectivity index (χ3n) is 4.71. The highest BCUT2D eigenvalue weighted by atomic mass is 79.9. The molecular weight excluding hydrogens is 402 g/mol. The summed E-state index contributed by atoms with van der Waals surface area (Å²) in [6.07, 6.45) is 1.99. The van der Waals surface area contributed by atoms with Crippen molar-refractivity contribution >= 4 is 39.4 Å². The Morgan fingerprint density at radius 2 is 1.84 bits per heavy atom. The number of benzene rings is 2. The standard InChI is InChI=1S/C20H17BrClNO2/c21-14-3-6-16-17(12-14)19(23-7-9-25-10-8-23)18(20(16)24)11-13-1-4-15(22)5-2-13/h1-6,11-12,19H,7-10H2.